The molecule has 2 rings (SSSR count). The van der Waals surface area contributed by atoms with Gasteiger partial charge in [-0.1, -0.05) is 6.42 Å². The van der Waals surface area contributed by atoms with E-state index in [-0.39, 0.29) is 0 Å². The lowest BCUT2D eigenvalue weighted by atomic mass is 10.1. The van der Waals surface area contributed by atoms with Gasteiger partial charge in [0.25, 0.3) is 0 Å². The Balaban J connectivity index is 1.53. The molecule has 0 aliphatic carbocycles. The van der Waals surface area contributed by atoms with Crippen molar-refractivity contribution < 1.29 is 4.74 Å². The van der Waals surface area contributed by atoms with Crippen molar-refractivity contribution >= 4 is 0 Å². The minimum absolute atomic E-state index is 0.484. The van der Waals surface area contributed by atoms with E-state index in [0.29, 0.717) is 6.10 Å². The average Bonchev–Trinajstić information content (AvgIpc) is 2.48. The lowest BCUT2D eigenvalue weighted by Crippen LogP contribution is -2.42. The van der Waals surface area contributed by atoms with Crippen LogP contribution in [0.2, 0.25) is 0 Å². The van der Waals surface area contributed by atoms with Gasteiger partial charge in [-0.2, -0.15) is 0 Å². The van der Waals surface area contributed by atoms with Crippen LogP contribution in [0.1, 0.15) is 38.5 Å². The van der Waals surface area contributed by atoms with Gasteiger partial charge in [0.2, 0.25) is 0 Å². The molecule has 19 heavy (non-hydrogen) atoms. The van der Waals surface area contributed by atoms with Gasteiger partial charge in [0.1, 0.15) is 0 Å². The van der Waals surface area contributed by atoms with Crippen LogP contribution in [-0.2, 0) is 4.74 Å². The van der Waals surface area contributed by atoms with Gasteiger partial charge in [0.15, 0.2) is 0 Å². The lowest BCUT2D eigenvalue weighted by molar-refractivity contribution is 0.00538. The summed E-state index contributed by atoms with van der Waals surface area (Å²) in [5.41, 5.74) is 5.48. The van der Waals surface area contributed by atoms with Gasteiger partial charge in [0.05, 0.1) is 6.10 Å². The predicted octanol–water partition coefficient (Wildman–Crippen LogP) is 1.30. The van der Waals surface area contributed by atoms with Gasteiger partial charge in [0, 0.05) is 32.8 Å². The quantitative estimate of drug-likeness (QED) is 0.708. The number of ether oxygens (including phenoxy) is 1. The van der Waals surface area contributed by atoms with Gasteiger partial charge >= 0.3 is 0 Å². The minimum atomic E-state index is 0.484. The molecule has 0 aromatic rings. The molecule has 0 aromatic heterocycles. The van der Waals surface area contributed by atoms with Crippen molar-refractivity contribution in [3.05, 3.63) is 0 Å². The molecule has 4 nitrogen and oxygen atoms in total. The van der Waals surface area contributed by atoms with E-state index in [1.54, 1.807) is 0 Å². The lowest BCUT2D eigenvalue weighted by Gasteiger charge is -2.34. The smallest absolute Gasteiger partial charge is 0.0599 e. The highest BCUT2D eigenvalue weighted by Gasteiger charge is 2.20. The van der Waals surface area contributed by atoms with Crippen LogP contribution in [0.5, 0.6) is 0 Å². The topological polar surface area (TPSA) is 41.7 Å². The van der Waals surface area contributed by atoms with Crippen molar-refractivity contribution in [3.8, 4) is 0 Å². The van der Waals surface area contributed by atoms with E-state index in [9.17, 15) is 0 Å². The maximum atomic E-state index is 5.85. The molecular weight excluding hydrogens is 238 g/mol. The Morgan fingerprint density at radius 3 is 2.16 bits per heavy atom. The van der Waals surface area contributed by atoms with E-state index >= 15 is 0 Å². The molecule has 2 aliphatic heterocycles. The first-order valence-electron chi connectivity index (χ1n) is 8.15. The minimum Gasteiger partial charge on any atom is -0.378 e. The zero-order valence-electron chi connectivity index (χ0n) is 12.4. The third kappa shape index (κ3) is 5.78. The van der Waals surface area contributed by atoms with Crippen LogP contribution in [0.15, 0.2) is 0 Å². The van der Waals surface area contributed by atoms with Crippen molar-refractivity contribution in [1.29, 1.82) is 0 Å². The van der Waals surface area contributed by atoms with Crippen LogP contribution in [0.3, 0.4) is 0 Å². The summed E-state index contributed by atoms with van der Waals surface area (Å²) in [6, 6.07) is 0. The Morgan fingerprint density at radius 2 is 1.53 bits per heavy atom. The van der Waals surface area contributed by atoms with E-state index in [1.165, 1.54) is 71.4 Å². The number of likely N-dealkylation sites (tertiary alicyclic amines) is 2. The maximum absolute atomic E-state index is 5.85. The average molecular weight is 269 g/mol. The zero-order valence-corrected chi connectivity index (χ0v) is 12.4. The molecule has 4 heteroatoms. The first-order valence-corrected chi connectivity index (χ1v) is 8.15. The summed E-state index contributed by atoms with van der Waals surface area (Å²) in [6.45, 7) is 9.15. The molecule has 0 unspecified atom stereocenters. The highest BCUT2D eigenvalue weighted by molar-refractivity contribution is 4.74. The molecule has 0 aromatic carbocycles. The van der Waals surface area contributed by atoms with Crippen LogP contribution in [0.4, 0.5) is 0 Å². The molecule has 2 N–H and O–H groups in total. The second-order valence-corrected chi connectivity index (χ2v) is 5.96. The zero-order chi connectivity index (χ0) is 13.3. The Hall–Kier alpha value is -0.160. The Bertz CT molecular complexity index is 223. The molecule has 0 amide bonds. The predicted molar refractivity (Wildman–Crippen MR) is 79.4 cm³/mol. The van der Waals surface area contributed by atoms with Gasteiger partial charge in [-0.05, 0) is 51.7 Å². The fraction of sp³-hybridized carbons (Fsp3) is 1.00. The van der Waals surface area contributed by atoms with Gasteiger partial charge in [-0.25, -0.2) is 0 Å². The molecule has 2 fully saturated rings. The number of nitrogens with two attached hydrogens (primary N) is 1. The molecule has 2 heterocycles. The fourth-order valence-electron chi connectivity index (χ4n) is 3.10. The van der Waals surface area contributed by atoms with Crippen molar-refractivity contribution in [3.63, 3.8) is 0 Å². The van der Waals surface area contributed by atoms with E-state index in [0.717, 1.165) is 19.6 Å². The first kappa shape index (κ1) is 15.2. The monoisotopic (exact) mass is 269 g/mol. The fourth-order valence-corrected chi connectivity index (χ4v) is 3.10. The largest absolute Gasteiger partial charge is 0.378 e. The van der Waals surface area contributed by atoms with E-state index in [2.05, 4.69) is 9.80 Å². The van der Waals surface area contributed by atoms with Gasteiger partial charge < -0.3 is 20.3 Å². The Kier molecular flexibility index (Phi) is 7.14. The molecule has 0 spiro atoms. The van der Waals surface area contributed by atoms with Crippen LogP contribution in [-0.4, -0.2) is 68.3 Å². The van der Waals surface area contributed by atoms with E-state index in [4.69, 9.17) is 10.5 Å². The molecule has 2 saturated heterocycles. The molecule has 0 radical (unpaired) electrons. The summed E-state index contributed by atoms with van der Waals surface area (Å²) in [6.07, 6.45) is 8.11. The van der Waals surface area contributed by atoms with Crippen molar-refractivity contribution in [2.24, 2.45) is 5.73 Å². The maximum Gasteiger partial charge on any atom is 0.0599 e. The van der Waals surface area contributed by atoms with Gasteiger partial charge in [-0.15, -0.1) is 0 Å². The summed E-state index contributed by atoms with van der Waals surface area (Å²) in [4.78, 5) is 5.24. The molecule has 112 valence electrons. The molecule has 2 aliphatic rings. The summed E-state index contributed by atoms with van der Waals surface area (Å²) < 4.78 is 5.85. The van der Waals surface area contributed by atoms with E-state index in [1.807, 2.05) is 0 Å². The number of hydrogen-bond acceptors (Lipinski definition) is 4. The number of hydrogen-bond donors (Lipinski definition) is 1. The highest BCUT2D eigenvalue weighted by atomic mass is 16.5. The normalized spacial score (nSPS) is 23.8. The van der Waals surface area contributed by atoms with Crippen LogP contribution in [0.25, 0.3) is 0 Å². The highest BCUT2D eigenvalue weighted by Crippen LogP contribution is 2.14. The summed E-state index contributed by atoms with van der Waals surface area (Å²) in [7, 11) is 0. The first-order chi connectivity index (χ1) is 9.38. The summed E-state index contributed by atoms with van der Waals surface area (Å²) in [5, 5.41) is 0. The van der Waals surface area contributed by atoms with E-state index < -0.39 is 0 Å². The molecule has 0 saturated carbocycles. The summed E-state index contributed by atoms with van der Waals surface area (Å²) in [5.74, 6) is 0. The van der Waals surface area contributed by atoms with Crippen LogP contribution >= 0.6 is 0 Å². The van der Waals surface area contributed by atoms with Gasteiger partial charge in [-0.3, -0.25) is 0 Å². The van der Waals surface area contributed by atoms with Crippen molar-refractivity contribution in [2.45, 2.75) is 44.6 Å². The molecule has 0 bridgehead atoms. The standard InChI is InChI=1S/C15H31N3O/c16-7-4-14-19-15-5-10-18(11-6-15)13-12-17-8-2-1-3-9-17/h15H,1-14,16H2. The second kappa shape index (κ2) is 8.90. The number of nitrogens with zero attached hydrogens (tertiary/aromatic N) is 2. The third-order valence-corrected chi connectivity index (χ3v) is 4.42. The number of piperidine rings is 2. The Morgan fingerprint density at radius 1 is 0.895 bits per heavy atom. The third-order valence-electron chi connectivity index (χ3n) is 4.42. The SMILES string of the molecule is NCCCOC1CCN(CCN2CCCCC2)CC1. The number of rotatable bonds is 7. The van der Waals surface area contributed by atoms with Crippen LogP contribution < -0.4 is 5.73 Å². The van der Waals surface area contributed by atoms with Crippen LogP contribution in [0, 0.1) is 0 Å². The van der Waals surface area contributed by atoms with Crippen molar-refractivity contribution in [2.75, 3.05) is 52.4 Å². The second-order valence-electron chi connectivity index (χ2n) is 5.96. The summed E-state index contributed by atoms with van der Waals surface area (Å²) >= 11 is 0. The van der Waals surface area contributed by atoms with Crippen molar-refractivity contribution in [1.82, 2.24) is 9.80 Å². The molecule has 0 atom stereocenters. The molecular formula is C15H31N3O. The Labute approximate surface area is 118 Å².